The van der Waals surface area contributed by atoms with Crippen molar-refractivity contribution in [1.29, 1.82) is 0 Å². The first-order valence-corrected chi connectivity index (χ1v) is 7.37. The van der Waals surface area contributed by atoms with Crippen molar-refractivity contribution < 1.29 is 4.79 Å². The van der Waals surface area contributed by atoms with Gasteiger partial charge in [0.05, 0.1) is 0 Å². The molecule has 2 rings (SSSR count). The van der Waals surface area contributed by atoms with Crippen molar-refractivity contribution in [2.45, 2.75) is 26.7 Å². The summed E-state index contributed by atoms with van der Waals surface area (Å²) in [5, 5.41) is 6.33. The molecule has 3 nitrogen and oxygen atoms in total. The fraction of sp³-hybridized carbons (Fsp3) is 0.278. The van der Waals surface area contributed by atoms with E-state index in [1.807, 2.05) is 31.2 Å². The van der Waals surface area contributed by atoms with Crippen LogP contribution in [-0.4, -0.2) is 12.5 Å². The highest BCUT2D eigenvalue weighted by atomic mass is 16.1. The summed E-state index contributed by atoms with van der Waals surface area (Å²) >= 11 is 0. The molecule has 0 aromatic heterocycles. The number of aryl methyl sites for hydroxylation is 1. The van der Waals surface area contributed by atoms with Crippen LogP contribution in [0.4, 0.5) is 11.4 Å². The Bertz CT molecular complexity index is 593. The van der Waals surface area contributed by atoms with Gasteiger partial charge in [-0.2, -0.15) is 0 Å². The zero-order valence-electron chi connectivity index (χ0n) is 12.6. The van der Waals surface area contributed by atoms with Gasteiger partial charge in [0.1, 0.15) is 0 Å². The van der Waals surface area contributed by atoms with E-state index in [0.29, 0.717) is 6.42 Å². The Kier molecular flexibility index (Phi) is 5.38. The first-order valence-electron chi connectivity index (χ1n) is 7.37. The van der Waals surface area contributed by atoms with Crippen molar-refractivity contribution in [3.05, 3.63) is 59.7 Å². The maximum atomic E-state index is 11.4. The molecule has 0 saturated carbocycles. The Labute approximate surface area is 126 Å². The molecule has 3 heteroatoms. The van der Waals surface area contributed by atoms with E-state index in [0.717, 1.165) is 24.3 Å². The Morgan fingerprint density at radius 1 is 1.10 bits per heavy atom. The van der Waals surface area contributed by atoms with Gasteiger partial charge in [0.2, 0.25) is 5.91 Å². The van der Waals surface area contributed by atoms with Gasteiger partial charge in [-0.15, -0.1) is 0 Å². The first-order chi connectivity index (χ1) is 10.2. The number of rotatable bonds is 6. The second-order valence-electron chi connectivity index (χ2n) is 5.09. The van der Waals surface area contributed by atoms with Crippen LogP contribution < -0.4 is 10.6 Å². The van der Waals surface area contributed by atoms with Crippen LogP contribution >= 0.6 is 0 Å². The number of carbonyl (C=O) groups is 1. The van der Waals surface area contributed by atoms with E-state index >= 15 is 0 Å². The Hall–Kier alpha value is -2.29. The van der Waals surface area contributed by atoms with Crippen LogP contribution in [0.5, 0.6) is 0 Å². The molecular formula is C18H22N2O. The maximum absolute atomic E-state index is 11.4. The summed E-state index contributed by atoms with van der Waals surface area (Å²) in [6.45, 7) is 4.79. The molecule has 110 valence electrons. The molecule has 2 aromatic rings. The normalized spacial score (nSPS) is 10.2. The lowest BCUT2D eigenvalue weighted by atomic mass is 10.1. The van der Waals surface area contributed by atoms with Crippen LogP contribution in [0.3, 0.4) is 0 Å². The van der Waals surface area contributed by atoms with E-state index in [1.165, 1.54) is 11.1 Å². The van der Waals surface area contributed by atoms with Crippen LogP contribution in [-0.2, 0) is 11.2 Å². The van der Waals surface area contributed by atoms with E-state index in [9.17, 15) is 4.79 Å². The fourth-order valence-corrected chi connectivity index (χ4v) is 2.13. The largest absolute Gasteiger partial charge is 0.384 e. The Morgan fingerprint density at radius 3 is 2.57 bits per heavy atom. The third-order valence-electron chi connectivity index (χ3n) is 3.41. The monoisotopic (exact) mass is 282 g/mol. The molecule has 0 saturated heterocycles. The molecule has 0 aliphatic heterocycles. The number of hydrogen-bond acceptors (Lipinski definition) is 2. The summed E-state index contributed by atoms with van der Waals surface area (Å²) in [4.78, 5) is 11.4. The van der Waals surface area contributed by atoms with Gasteiger partial charge in [-0.25, -0.2) is 0 Å². The zero-order chi connectivity index (χ0) is 15.1. The average molecular weight is 282 g/mol. The van der Waals surface area contributed by atoms with Crippen LogP contribution in [0, 0.1) is 6.92 Å². The number of hydrogen-bond donors (Lipinski definition) is 2. The standard InChI is InChI=1S/C18H22N2O/c1-3-18(21)20-16-10-9-14(2)17(13-16)19-12-11-15-7-5-4-6-8-15/h4-10,13,19H,3,11-12H2,1-2H3,(H,20,21). The third-order valence-corrected chi connectivity index (χ3v) is 3.41. The molecule has 0 aliphatic carbocycles. The van der Waals surface area contributed by atoms with Gasteiger partial charge in [0, 0.05) is 24.3 Å². The molecule has 2 N–H and O–H groups in total. The van der Waals surface area contributed by atoms with Crippen LogP contribution in [0.25, 0.3) is 0 Å². The van der Waals surface area contributed by atoms with Crippen LogP contribution in [0.15, 0.2) is 48.5 Å². The van der Waals surface area contributed by atoms with E-state index < -0.39 is 0 Å². The number of amides is 1. The molecule has 0 radical (unpaired) electrons. The molecule has 0 fully saturated rings. The highest BCUT2D eigenvalue weighted by Crippen LogP contribution is 2.20. The average Bonchev–Trinajstić information content (AvgIpc) is 2.51. The van der Waals surface area contributed by atoms with Crippen molar-refractivity contribution in [3.8, 4) is 0 Å². The van der Waals surface area contributed by atoms with Crippen molar-refractivity contribution in [1.82, 2.24) is 0 Å². The maximum Gasteiger partial charge on any atom is 0.224 e. The van der Waals surface area contributed by atoms with Gasteiger partial charge in [-0.3, -0.25) is 4.79 Å². The molecule has 0 atom stereocenters. The van der Waals surface area contributed by atoms with Crippen LogP contribution in [0.1, 0.15) is 24.5 Å². The molecule has 0 aliphatic rings. The lowest BCUT2D eigenvalue weighted by Crippen LogP contribution is -2.11. The lowest BCUT2D eigenvalue weighted by Gasteiger charge is -2.12. The second-order valence-corrected chi connectivity index (χ2v) is 5.09. The smallest absolute Gasteiger partial charge is 0.224 e. The van der Waals surface area contributed by atoms with E-state index in [-0.39, 0.29) is 5.91 Å². The number of nitrogens with one attached hydrogen (secondary N) is 2. The second kappa shape index (κ2) is 7.48. The summed E-state index contributed by atoms with van der Waals surface area (Å²) in [5.74, 6) is 0.0362. The zero-order valence-corrected chi connectivity index (χ0v) is 12.6. The van der Waals surface area contributed by atoms with Gasteiger partial charge < -0.3 is 10.6 Å². The predicted octanol–water partition coefficient (Wildman–Crippen LogP) is 4.00. The topological polar surface area (TPSA) is 41.1 Å². The van der Waals surface area contributed by atoms with Gasteiger partial charge in [0.25, 0.3) is 0 Å². The van der Waals surface area contributed by atoms with Gasteiger partial charge in [0.15, 0.2) is 0 Å². The Morgan fingerprint density at radius 2 is 1.86 bits per heavy atom. The summed E-state index contributed by atoms with van der Waals surface area (Å²) in [6.07, 6.45) is 1.47. The molecule has 0 bridgehead atoms. The van der Waals surface area contributed by atoms with E-state index in [1.54, 1.807) is 0 Å². The molecule has 0 unspecified atom stereocenters. The lowest BCUT2D eigenvalue weighted by molar-refractivity contribution is -0.115. The van der Waals surface area contributed by atoms with Gasteiger partial charge >= 0.3 is 0 Å². The predicted molar refractivity (Wildman–Crippen MR) is 88.7 cm³/mol. The minimum absolute atomic E-state index is 0.0362. The number of benzene rings is 2. The SMILES string of the molecule is CCC(=O)Nc1ccc(C)c(NCCc2ccccc2)c1. The molecule has 1 amide bonds. The molecule has 0 spiro atoms. The summed E-state index contributed by atoms with van der Waals surface area (Å²) < 4.78 is 0. The fourth-order valence-electron chi connectivity index (χ4n) is 2.13. The van der Waals surface area contributed by atoms with Gasteiger partial charge in [-0.1, -0.05) is 43.3 Å². The molecule has 21 heavy (non-hydrogen) atoms. The van der Waals surface area contributed by atoms with Crippen molar-refractivity contribution in [3.63, 3.8) is 0 Å². The molecule has 2 aromatic carbocycles. The third kappa shape index (κ3) is 4.63. The van der Waals surface area contributed by atoms with Crippen molar-refractivity contribution in [2.24, 2.45) is 0 Å². The summed E-state index contributed by atoms with van der Waals surface area (Å²) in [7, 11) is 0. The van der Waals surface area contributed by atoms with Crippen molar-refractivity contribution in [2.75, 3.05) is 17.2 Å². The minimum atomic E-state index is 0.0362. The van der Waals surface area contributed by atoms with Crippen molar-refractivity contribution >= 4 is 17.3 Å². The molecular weight excluding hydrogens is 260 g/mol. The van der Waals surface area contributed by atoms with E-state index in [2.05, 4.69) is 41.8 Å². The van der Waals surface area contributed by atoms with Gasteiger partial charge in [-0.05, 0) is 36.6 Å². The number of carbonyl (C=O) groups excluding carboxylic acids is 1. The minimum Gasteiger partial charge on any atom is -0.384 e. The summed E-state index contributed by atoms with van der Waals surface area (Å²) in [6, 6.07) is 16.4. The highest BCUT2D eigenvalue weighted by Gasteiger charge is 2.03. The number of anilines is 2. The summed E-state index contributed by atoms with van der Waals surface area (Å²) in [5.41, 5.74) is 4.41. The first kappa shape index (κ1) is 15.1. The molecule has 0 heterocycles. The Balaban J connectivity index is 1.95. The highest BCUT2D eigenvalue weighted by molar-refractivity contribution is 5.91. The van der Waals surface area contributed by atoms with Crippen LogP contribution in [0.2, 0.25) is 0 Å². The quantitative estimate of drug-likeness (QED) is 0.841. The van der Waals surface area contributed by atoms with E-state index in [4.69, 9.17) is 0 Å².